The number of methoxy groups -OCH3 is 2. The van der Waals surface area contributed by atoms with Gasteiger partial charge in [0.1, 0.15) is 5.82 Å². The number of nitrogens with zero attached hydrogens (tertiary/aromatic N) is 2. The Balaban J connectivity index is 1.62. The molecular weight excluding hydrogens is 330 g/mol. The second kappa shape index (κ2) is 7.91. The van der Waals surface area contributed by atoms with Crippen molar-refractivity contribution < 1.29 is 14.3 Å². The quantitative estimate of drug-likeness (QED) is 0.663. The van der Waals surface area contributed by atoms with Gasteiger partial charge in [0, 0.05) is 13.1 Å². The van der Waals surface area contributed by atoms with E-state index in [-0.39, 0.29) is 5.91 Å². The second-order valence-corrected chi connectivity index (χ2v) is 5.95. The lowest BCUT2D eigenvalue weighted by Crippen LogP contribution is -2.26. The summed E-state index contributed by atoms with van der Waals surface area (Å²) in [4.78, 5) is 17.0. The Morgan fingerprint density at radius 2 is 1.92 bits per heavy atom. The zero-order valence-electron chi connectivity index (χ0n) is 15.3. The van der Waals surface area contributed by atoms with Crippen molar-refractivity contribution in [2.24, 2.45) is 0 Å². The van der Waals surface area contributed by atoms with Crippen molar-refractivity contribution in [3.05, 3.63) is 53.9 Å². The van der Waals surface area contributed by atoms with E-state index >= 15 is 0 Å². The molecule has 6 heteroatoms. The van der Waals surface area contributed by atoms with E-state index < -0.39 is 0 Å². The maximum atomic E-state index is 12.5. The fourth-order valence-electron chi connectivity index (χ4n) is 3.08. The molecule has 3 aromatic rings. The van der Waals surface area contributed by atoms with Crippen LogP contribution in [0.1, 0.15) is 22.6 Å². The van der Waals surface area contributed by atoms with Crippen LogP contribution in [-0.2, 0) is 6.54 Å². The number of ether oxygens (including phenoxy) is 2. The summed E-state index contributed by atoms with van der Waals surface area (Å²) in [5.74, 6) is 1.80. The summed E-state index contributed by atoms with van der Waals surface area (Å²) in [6.07, 6.45) is 0.805. The molecule has 0 atom stereocenters. The summed E-state index contributed by atoms with van der Waals surface area (Å²) in [6, 6.07) is 13.3. The van der Waals surface area contributed by atoms with Gasteiger partial charge in [-0.1, -0.05) is 18.2 Å². The molecule has 0 bridgehead atoms. The molecule has 0 aliphatic carbocycles. The van der Waals surface area contributed by atoms with Crippen molar-refractivity contribution in [3.63, 3.8) is 0 Å². The number of carbonyl (C=O) groups is 1. The van der Waals surface area contributed by atoms with Crippen LogP contribution in [0.15, 0.2) is 42.5 Å². The highest BCUT2D eigenvalue weighted by atomic mass is 16.5. The number of benzene rings is 2. The Hall–Kier alpha value is -3.02. The Labute approximate surface area is 152 Å². The number of para-hydroxylation sites is 3. The third-order valence-electron chi connectivity index (χ3n) is 4.34. The predicted molar refractivity (Wildman–Crippen MR) is 101 cm³/mol. The second-order valence-electron chi connectivity index (χ2n) is 5.95. The number of rotatable bonds is 7. The zero-order chi connectivity index (χ0) is 18.5. The lowest BCUT2D eigenvalue weighted by atomic mass is 10.1. The first-order chi connectivity index (χ1) is 12.7. The van der Waals surface area contributed by atoms with Crippen LogP contribution in [0.2, 0.25) is 0 Å². The molecule has 0 unspecified atom stereocenters. The summed E-state index contributed by atoms with van der Waals surface area (Å²) in [5.41, 5.74) is 2.58. The Morgan fingerprint density at radius 1 is 1.12 bits per heavy atom. The van der Waals surface area contributed by atoms with Crippen LogP contribution in [0.3, 0.4) is 0 Å². The Bertz CT molecular complexity index is 918. The highest BCUT2D eigenvalue weighted by Gasteiger charge is 2.16. The van der Waals surface area contributed by atoms with Crippen LogP contribution in [0.4, 0.5) is 0 Å². The molecule has 1 aromatic heterocycles. The van der Waals surface area contributed by atoms with E-state index in [0.717, 1.165) is 29.8 Å². The van der Waals surface area contributed by atoms with Crippen LogP contribution in [0.5, 0.6) is 11.5 Å². The monoisotopic (exact) mass is 353 g/mol. The molecule has 0 aliphatic heterocycles. The van der Waals surface area contributed by atoms with Crippen molar-refractivity contribution in [2.45, 2.75) is 19.9 Å². The van der Waals surface area contributed by atoms with Crippen LogP contribution in [0, 0.1) is 6.92 Å². The topological polar surface area (TPSA) is 65.4 Å². The van der Waals surface area contributed by atoms with E-state index in [0.29, 0.717) is 23.6 Å². The fourth-order valence-corrected chi connectivity index (χ4v) is 3.08. The number of amides is 1. The minimum Gasteiger partial charge on any atom is -0.493 e. The average molecular weight is 353 g/mol. The van der Waals surface area contributed by atoms with Crippen LogP contribution >= 0.6 is 0 Å². The van der Waals surface area contributed by atoms with Gasteiger partial charge in [-0.2, -0.15) is 0 Å². The van der Waals surface area contributed by atoms with E-state index in [2.05, 4.69) is 20.9 Å². The summed E-state index contributed by atoms with van der Waals surface area (Å²) in [5, 5.41) is 2.95. The van der Waals surface area contributed by atoms with E-state index in [1.165, 1.54) is 7.11 Å². The number of hydrogen-bond acceptors (Lipinski definition) is 4. The molecule has 0 spiro atoms. The molecule has 0 aliphatic rings. The molecule has 0 fully saturated rings. The summed E-state index contributed by atoms with van der Waals surface area (Å²) >= 11 is 0. The molecule has 1 heterocycles. The molecule has 1 amide bonds. The van der Waals surface area contributed by atoms with Crippen molar-refractivity contribution in [3.8, 4) is 11.5 Å². The van der Waals surface area contributed by atoms with Crippen LogP contribution < -0.4 is 14.8 Å². The number of fused-ring (bicyclic) bond motifs is 1. The molecule has 26 heavy (non-hydrogen) atoms. The summed E-state index contributed by atoms with van der Waals surface area (Å²) in [6.45, 7) is 3.35. The first-order valence-electron chi connectivity index (χ1n) is 8.56. The van der Waals surface area contributed by atoms with Gasteiger partial charge < -0.3 is 19.4 Å². The molecule has 136 valence electrons. The van der Waals surface area contributed by atoms with Crippen molar-refractivity contribution in [1.82, 2.24) is 14.9 Å². The van der Waals surface area contributed by atoms with Gasteiger partial charge in [-0.3, -0.25) is 4.79 Å². The van der Waals surface area contributed by atoms with E-state index in [1.807, 2.05) is 25.1 Å². The van der Waals surface area contributed by atoms with E-state index in [9.17, 15) is 4.79 Å². The van der Waals surface area contributed by atoms with E-state index in [4.69, 9.17) is 9.47 Å². The number of aromatic nitrogens is 2. The maximum absolute atomic E-state index is 12.5. The van der Waals surface area contributed by atoms with Gasteiger partial charge in [0.05, 0.1) is 30.8 Å². The lowest BCUT2D eigenvalue weighted by Gasteiger charge is -2.13. The normalized spacial score (nSPS) is 10.7. The van der Waals surface area contributed by atoms with Crippen LogP contribution in [0.25, 0.3) is 11.0 Å². The smallest absolute Gasteiger partial charge is 0.255 e. The lowest BCUT2D eigenvalue weighted by molar-refractivity contribution is 0.0949. The first kappa shape index (κ1) is 17.8. The van der Waals surface area contributed by atoms with Gasteiger partial charge in [-0.25, -0.2) is 4.98 Å². The summed E-state index contributed by atoms with van der Waals surface area (Å²) in [7, 11) is 3.08. The third-order valence-corrected chi connectivity index (χ3v) is 4.34. The third kappa shape index (κ3) is 3.49. The van der Waals surface area contributed by atoms with Gasteiger partial charge in [-0.05, 0) is 37.6 Å². The highest BCUT2D eigenvalue weighted by Crippen LogP contribution is 2.30. The van der Waals surface area contributed by atoms with Gasteiger partial charge in [-0.15, -0.1) is 0 Å². The number of aryl methyl sites for hydroxylation is 2. The first-order valence-corrected chi connectivity index (χ1v) is 8.56. The van der Waals surface area contributed by atoms with Gasteiger partial charge in [0.15, 0.2) is 11.5 Å². The van der Waals surface area contributed by atoms with Gasteiger partial charge in [0.25, 0.3) is 5.91 Å². The van der Waals surface area contributed by atoms with Crippen molar-refractivity contribution in [1.29, 1.82) is 0 Å². The predicted octanol–water partition coefficient (Wildman–Crippen LogP) is 3.18. The fraction of sp³-hybridized carbons (Fsp3) is 0.300. The molecule has 6 nitrogen and oxygen atoms in total. The standard InChI is InChI=1S/C20H23N3O3/c1-14-22-16-9-4-5-10-17(16)23(14)13-7-12-21-20(24)15-8-6-11-18(25-2)19(15)26-3/h4-6,8-11H,7,12-13H2,1-3H3,(H,21,24). The van der Waals surface area contributed by atoms with E-state index in [1.54, 1.807) is 25.3 Å². The number of imidazole rings is 1. The Kier molecular flexibility index (Phi) is 5.41. The molecular formula is C20H23N3O3. The number of hydrogen-bond donors (Lipinski definition) is 1. The van der Waals surface area contributed by atoms with Gasteiger partial charge >= 0.3 is 0 Å². The molecule has 0 saturated carbocycles. The largest absolute Gasteiger partial charge is 0.493 e. The van der Waals surface area contributed by atoms with Gasteiger partial charge in [0.2, 0.25) is 0 Å². The summed E-state index contributed by atoms with van der Waals surface area (Å²) < 4.78 is 12.7. The maximum Gasteiger partial charge on any atom is 0.255 e. The highest BCUT2D eigenvalue weighted by molar-refractivity contribution is 5.97. The SMILES string of the molecule is COc1cccc(C(=O)NCCCn2c(C)nc3ccccc32)c1OC. The number of carbonyl (C=O) groups excluding carboxylic acids is 1. The number of nitrogens with one attached hydrogen (secondary N) is 1. The molecule has 3 rings (SSSR count). The average Bonchev–Trinajstić information content (AvgIpc) is 2.99. The minimum absolute atomic E-state index is 0.173. The molecule has 0 saturated heterocycles. The minimum atomic E-state index is -0.173. The van der Waals surface area contributed by atoms with Crippen molar-refractivity contribution >= 4 is 16.9 Å². The van der Waals surface area contributed by atoms with Crippen LogP contribution in [-0.4, -0.2) is 36.2 Å². The molecule has 1 N–H and O–H groups in total. The van der Waals surface area contributed by atoms with Crippen molar-refractivity contribution in [2.75, 3.05) is 20.8 Å². The zero-order valence-corrected chi connectivity index (χ0v) is 15.3. The molecule has 0 radical (unpaired) electrons. The molecule has 2 aromatic carbocycles. The Morgan fingerprint density at radius 3 is 2.69 bits per heavy atom.